The normalized spacial score (nSPS) is 14.9. The summed E-state index contributed by atoms with van der Waals surface area (Å²) in [6.45, 7) is 5.17. The molecule has 1 aliphatic heterocycles. The maximum Gasteiger partial charge on any atom is 0.379 e. The Bertz CT molecular complexity index is 1820. The number of aromatic nitrogens is 1. The fourth-order valence-corrected chi connectivity index (χ4v) is 5.41. The molecule has 8 nitrogen and oxygen atoms in total. The number of hydrogen-bond donors (Lipinski definition) is 0. The number of hydrogen-bond acceptors (Lipinski definition) is 8. The molecular weight excluding hydrogens is 559 g/mol. The second-order valence-electron chi connectivity index (χ2n) is 8.54. The number of carbonyl (C=O) groups is 2. The average molecular weight is 579 g/mol. The molecule has 2 aromatic carbocycles. The van der Waals surface area contributed by atoms with Gasteiger partial charge >= 0.3 is 11.9 Å². The van der Waals surface area contributed by atoms with E-state index in [9.17, 15) is 18.8 Å². The van der Waals surface area contributed by atoms with Crippen LogP contribution in [0.25, 0.3) is 6.08 Å². The van der Waals surface area contributed by atoms with E-state index in [4.69, 9.17) is 25.5 Å². The Balaban J connectivity index is 1.61. The van der Waals surface area contributed by atoms with Crippen LogP contribution >= 0.6 is 22.9 Å². The van der Waals surface area contributed by atoms with Crippen LogP contribution in [0.5, 0.6) is 5.75 Å². The minimum Gasteiger partial charge on any atom is -0.458 e. The molecule has 4 aromatic rings. The van der Waals surface area contributed by atoms with Crippen molar-refractivity contribution in [2.24, 2.45) is 4.99 Å². The lowest BCUT2D eigenvalue weighted by Gasteiger charge is -2.24. The highest BCUT2D eigenvalue weighted by Gasteiger charge is 2.33. The molecule has 0 amide bonds. The Morgan fingerprint density at radius 3 is 2.62 bits per heavy atom. The van der Waals surface area contributed by atoms with E-state index in [-0.39, 0.29) is 38.8 Å². The van der Waals surface area contributed by atoms with Gasteiger partial charge in [0.2, 0.25) is 5.76 Å². The zero-order valence-corrected chi connectivity index (χ0v) is 22.5. The molecule has 1 atom stereocenters. The van der Waals surface area contributed by atoms with Gasteiger partial charge in [-0.15, -0.1) is 0 Å². The average Bonchev–Trinajstić information content (AvgIpc) is 3.58. The summed E-state index contributed by atoms with van der Waals surface area (Å²) in [5.74, 6) is -1.67. The minimum atomic E-state index is -0.929. The molecule has 0 N–H and O–H groups in total. The lowest BCUT2D eigenvalue weighted by atomic mass is 9.96. The van der Waals surface area contributed by atoms with Gasteiger partial charge in [0.15, 0.2) is 4.80 Å². The zero-order chi connectivity index (χ0) is 28.4. The fourth-order valence-electron chi connectivity index (χ4n) is 4.16. The predicted octanol–water partition coefficient (Wildman–Crippen LogP) is 4.57. The number of benzene rings is 2. The van der Waals surface area contributed by atoms with Crippen LogP contribution in [0.4, 0.5) is 4.39 Å². The van der Waals surface area contributed by atoms with Crippen LogP contribution in [0.3, 0.4) is 0 Å². The number of allylic oxidation sites excluding steroid dienone is 1. The minimum absolute atomic E-state index is 0.0389. The SMILES string of the molecule is C=CCOC(=O)C1=C(C)N=c2s/c(=C/c3c(F)cccc3Cl)c(=O)n2[C@@H]1c1ccc(OC(=O)c2ccco2)cc1. The molecule has 3 heterocycles. The van der Waals surface area contributed by atoms with E-state index in [1.54, 1.807) is 25.1 Å². The van der Waals surface area contributed by atoms with Gasteiger partial charge in [-0.25, -0.2) is 19.0 Å². The Hall–Kier alpha value is -4.54. The van der Waals surface area contributed by atoms with E-state index in [1.165, 1.54) is 59.4 Å². The monoisotopic (exact) mass is 578 g/mol. The number of ether oxygens (including phenoxy) is 2. The van der Waals surface area contributed by atoms with Gasteiger partial charge in [-0.05, 0) is 55.0 Å². The van der Waals surface area contributed by atoms with Crippen molar-refractivity contribution in [2.45, 2.75) is 13.0 Å². The highest BCUT2D eigenvalue weighted by Crippen LogP contribution is 2.32. The molecule has 202 valence electrons. The van der Waals surface area contributed by atoms with E-state index >= 15 is 0 Å². The van der Waals surface area contributed by atoms with Crippen molar-refractivity contribution in [2.75, 3.05) is 6.61 Å². The quantitative estimate of drug-likeness (QED) is 0.181. The number of halogens is 2. The third-order valence-corrected chi connectivity index (χ3v) is 7.29. The first-order valence-corrected chi connectivity index (χ1v) is 13.1. The van der Waals surface area contributed by atoms with Crippen LogP contribution in [0.1, 0.15) is 34.6 Å². The second-order valence-corrected chi connectivity index (χ2v) is 9.96. The molecule has 0 aliphatic carbocycles. The molecule has 40 heavy (non-hydrogen) atoms. The van der Waals surface area contributed by atoms with Crippen molar-refractivity contribution < 1.29 is 27.9 Å². The lowest BCUT2D eigenvalue weighted by molar-refractivity contribution is -0.138. The maximum atomic E-state index is 14.5. The number of carbonyl (C=O) groups excluding carboxylic acids is 2. The molecule has 5 rings (SSSR count). The maximum absolute atomic E-state index is 14.5. The van der Waals surface area contributed by atoms with Gasteiger partial charge in [0, 0.05) is 5.56 Å². The summed E-state index contributed by atoms with van der Waals surface area (Å²) >= 11 is 7.22. The molecule has 0 bridgehead atoms. The van der Waals surface area contributed by atoms with Gasteiger partial charge in [-0.1, -0.05) is 53.8 Å². The Kier molecular flexibility index (Phi) is 7.63. The zero-order valence-electron chi connectivity index (χ0n) is 20.9. The van der Waals surface area contributed by atoms with E-state index in [0.717, 1.165) is 11.3 Å². The third-order valence-electron chi connectivity index (χ3n) is 5.98. The van der Waals surface area contributed by atoms with Crippen molar-refractivity contribution in [3.8, 4) is 5.75 Å². The van der Waals surface area contributed by atoms with Crippen LogP contribution in [-0.4, -0.2) is 23.1 Å². The van der Waals surface area contributed by atoms with Crippen molar-refractivity contribution in [1.82, 2.24) is 4.57 Å². The standard InChI is InChI=1S/C29H20ClFN2O6S/c1-3-13-38-28(36)24-16(2)32-29-33(26(34)23(40-29)15-19-20(30)6-4-7-21(19)31)25(24)17-9-11-18(12-10-17)39-27(35)22-8-5-14-37-22/h3-12,14-15,25H,1,13H2,2H3/b23-15+/t25-/m1/s1. The van der Waals surface area contributed by atoms with Gasteiger partial charge in [0.1, 0.15) is 18.2 Å². The Morgan fingerprint density at radius 2 is 1.95 bits per heavy atom. The Labute approximate surface area is 235 Å². The van der Waals surface area contributed by atoms with Crippen molar-refractivity contribution in [3.63, 3.8) is 0 Å². The summed E-state index contributed by atoms with van der Waals surface area (Å²) in [4.78, 5) is 43.9. The molecule has 1 aliphatic rings. The van der Waals surface area contributed by atoms with Gasteiger partial charge in [0.05, 0.1) is 33.1 Å². The number of fused-ring (bicyclic) bond motifs is 1. The molecule has 0 radical (unpaired) electrons. The molecule has 0 spiro atoms. The van der Waals surface area contributed by atoms with E-state index in [2.05, 4.69) is 11.6 Å². The topological polar surface area (TPSA) is 100 Å². The highest BCUT2D eigenvalue weighted by atomic mass is 35.5. The first-order chi connectivity index (χ1) is 19.3. The summed E-state index contributed by atoms with van der Waals surface area (Å²) in [5.41, 5.74) is 0.585. The van der Waals surface area contributed by atoms with E-state index in [1.807, 2.05) is 0 Å². The number of rotatable bonds is 7. The summed E-state index contributed by atoms with van der Waals surface area (Å²) in [6.07, 6.45) is 4.15. The van der Waals surface area contributed by atoms with Gasteiger partial charge in [-0.3, -0.25) is 9.36 Å². The second kappa shape index (κ2) is 11.3. The molecular formula is C29H20ClFN2O6S. The molecule has 0 saturated carbocycles. The van der Waals surface area contributed by atoms with Gasteiger partial charge in [-0.2, -0.15) is 0 Å². The smallest absolute Gasteiger partial charge is 0.379 e. The largest absolute Gasteiger partial charge is 0.458 e. The number of thiazole rings is 1. The summed E-state index contributed by atoms with van der Waals surface area (Å²) in [6, 6.07) is 12.7. The van der Waals surface area contributed by atoms with Crippen molar-refractivity contribution in [1.29, 1.82) is 0 Å². The van der Waals surface area contributed by atoms with Crippen LogP contribution in [-0.2, 0) is 9.53 Å². The predicted molar refractivity (Wildman–Crippen MR) is 146 cm³/mol. The first-order valence-electron chi connectivity index (χ1n) is 11.9. The lowest BCUT2D eigenvalue weighted by Crippen LogP contribution is -2.40. The van der Waals surface area contributed by atoms with Crippen LogP contribution < -0.4 is 19.6 Å². The number of nitrogens with zero attached hydrogens (tertiary/aromatic N) is 2. The molecule has 11 heteroatoms. The van der Waals surface area contributed by atoms with Crippen LogP contribution in [0.15, 0.2) is 99.0 Å². The molecule has 2 aromatic heterocycles. The van der Waals surface area contributed by atoms with Gasteiger partial charge < -0.3 is 13.9 Å². The highest BCUT2D eigenvalue weighted by molar-refractivity contribution is 7.07. The molecule has 0 saturated heterocycles. The van der Waals surface area contributed by atoms with Crippen LogP contribution in [0.2, 0.25) is 5.02 Å². The summed E-state index contributed by atoms with van der Waals surface area (Å²) in [5, 5.41) is 0.145. The van der Waals surface area contributed by atoms with E-state index in [0.29, 0.717) is 16.1 Å². The Morgan fingerprint density at radius 1 is 1.18 bits per heavy atom. The van der Waals surface area contributed by atoms with Gasteiger partial charge in [0.25, 0.3) is 5.56 Å². The van der Waals surface area contributed by atoms with Crippen molar-refractivity contribution >= 4 is 41.0 Å². The summed E-state index contributed by atoms with van der Waals surface area (Å²) < 4.78 is 31.8. The fraction of sp³-hybridized carbons (Fsp3) is 0.103. The molecule has 0 unspecified atom stereocenters. The first kappa shape index (κ1) is 27.0. The van der Waals surface area contributed by atoms with Crippen molar-refractivity contribution in [3.05, 3.63) is 132 Å². The molecule has 0 fully saturated rings. The van der Waals surface area contributed by atoms with E-state index < -0.39 is 29.4 Å². The number of furan rings is 1. The van der Waals surface area contributed by atoms with Crippen LogP contribution in [0, 0.1) is 5.82 Å². The third kappa shape index (κ3) is 5.18. The summed E-state index contributed by atoms with van der Waals surface area (Å²) in [7, 11) is 0. The number of esters is 2.